The SMILES string of the molecule is Cc1nn(-c2ccc(C(=O)N(CC(C)C)CC(C)C)cc2)c(C)c1CCC(=O)O. The molecule has 0 saturated heterocycles. The zero-order valence-corrected chi connectivity index (χ0v) is 18.4. The van der Waals surface area contributed by atoms with E-state index in [2.05, 4.69) is 32.8 Å². The van der Waals surface area contributed by atoms with Gasteiger partial charge < -0.3 is 10.0 Å². The number of aliphatic carboxylic acids is 1. The fraction of sp³-hybridized carbons (Fsp3) is 0.522. The van der Waals surface area contributed by atoms with E-state index in [1.165, 1.54) is 0 Å². The van der Waals surface area contributed by atoms with Crippen molar-refractivity contribution < 1.29 is 14.7 Å². The van der Waals surface area contributed by atoms with Crippen LogP contribution in [0.3, 0.4) is 0 Å². The quantitative estimate of drug-likeness (QED) is 0.684. The number of rotatable bonds is 9. The van der Waals surface area contributed by atoms with Gasteiger partial charge in [-0.05, 0) is 61.9 Å². The van der Waals surface area contributed by atoms with E-state index in [0.717, 1.165) is 35.7 Å². The molecule has 0 radical (unpaired) electrons. The lowest BCUT2D eigenvalue weighted by Gasteiger charge is -2.26. The summed E-state index contributed by atoms with van der Waals surface area (Å²) in [4.78, 5) is 25.8. The Morgan fingerprint density at radius 3 is 2.07 bits per heavy atom. The number of hydrogen-bond donors (Lipinski definition) is 1. The number of carboxylic acid groups (broad SMARTS) is 1. The molecule has 158 valence electrons. The Morgan fingerprint density at radius 1 is 1.03 bits per heavy atom. The summed E-state index contributed by atoms with van der Waals surface area (Å²) in [6.07, 6.45) is 0.547. The molecule has 0 atom stereocenters. The predicted molar refractivity (Wildman–Crippen MR) is 115 cm³/mol. The number of aryl methyl sites for hydroxylation is 1. The van der Waals surface area contributed by atoms with Gasteiger partial charge in [0.25, 0.3) is 5.91 Å². The third kappa shape index (κ3) is 5.92. The summed E-state index contributed by atoms with van der Waals surface area (Å²) >= 11 is 0. The zero-order chi connectivity index (χ0) is 21.7. The van der Waals surface area contributed by atoms with Crippen LogP contribution in [0.2, 0.25) is 0 Å². The van der Waals surface area contributed by atoms with Gasteiger partial charge in [0.05, 0.1) is 11.4 Å². The molecule has 1 aromatic carbocycles. The Hall–Kier alpha value is -2.63. The number of aromatic nitrogens is 2. The van der Waals surface area contributed by atoms with Crippen molar-refractivity contribution in [1.82, 2.24) is 14.7 Å². The molecule has 0 aliphatic carbocycles. The summed E-state index contributed by atoms with van der Waals surface area (Å²) in [5, 5.41) is 13.5. The van der Waals surface area contributed by atoms with E-state index in [-0.39, 0.29) is 12.3 Å². The first-order chi connectivity index (χ1) is 13.6. The maximum Gasteiger partial charge on any atom is 0.303 e. The van der Waals surface area contributed by atoms with Gasteiger partial charge in [-0.15, -0.1) is 0 Å². The Bertz CT molecular complexity index is 841. The number of hydrogen-bond acceptors (Lipinski definition) is 3. The van der Waals surface area contributed by atoms with E-state index in [1.807, 2.05) is 47.7 Å². The van der Waals surface area contributed by atoms with Crippen LogP contribution in [0.25, 0.3) is 5.69 Å². The molecule has 6 heteroatoms. The molecular weight excluding hydrogens is 366 g/mol. The van der Waals surface area contributed by atoms with Crippen molar-refractivity contribution in [3.05, 3.63) is 46.8 Å². The number of nitrogens with zero attached hydrogens (tertiary/aromatic N) is 3. The van der Waals surface area contributed by atoms with E-state index in [4.69, 9.17) is 5.11 Å². The molecule has 0 aliphatic rings. The van der Waals surface area contributed by atoms with Gasteiger partial charge in [-0.2, -0.15) is 5.10 Å². The molecule has 0 aliphatic heterocycles. The van der Waals surface area contributed by atoms with Crippen molar-refractivity contribution in [2.45, 2.75) is 54.4 Å². The van der Waals surface area contributed by atoms with E-state index in [0.29, 0.717) is 23.8 Å². The summed E-state index contributed by atoms with van der Waals surface area (Å²) in [6, 6.07) is 7.49. The van der Waals surface area contributed by atoms with Gasteiger partial charge in [0.15, 0.2) is 0 Å². The van der Waals surface area contributed by atoms with Crippen molar-refractivity contribution in [1.29, 1.82) is 0 Å². The summed E-state index contributed by atoms with van der Waals surface area (Å²) < 4.78 is 1.82. The maximum absolute atomic E-state index is 13.0. The maximum atomic E-state index is 13.0. The highest BCUT2D eigenvalue weighted by Crippen LogP contribution is 2.20. The van der Waals surface area contributed by atoms with E-state index < -0.39 is 5.97 Å². The molecule has 2 rings (SSSR count). The highest BCUT2D eigenvalue weighted by Gasteiger charge is 2.19. The molecule has 0 fully saturated rings. The average molecular weight is 400 g/mol. The van der Waals surface area contributed by atoms with Gasteiger partial charge >= 0.3 is 5.97 Å². The van der Waals surface area contributed by atoms with Gasteiger partial charge in [0.1, 0.15) is 0 Å². The monoisotopic (exact) mass is 399 g/mol. The minimum absolute atomic E-state index is 0.0504. The number of carbonyl (C=O) groups is 2. The molecular formula is C23H33N3O3. The van der Waals surface area contributed by atoms with E-state index in [9.17, 15) is 9.59 Å². The van der Waals surface area contributed by atoms with Gasteiger partial charge in [0.2, 0.25) is 0 Å². The van der Waals surface area contributed by atoms with Crippen molar-refractivity contribution >= 4 is 11.9 Å². The lowest BCUT2D eigenvalue weighted by molar-refractivity contribution is -0.136. The van der Waals surface area contributed by atoms with Gasteiger partial charge in [-0.25, -0.2) is 4.68 Å². The highest BCUT2D eigenvalue weighted by molar-refractivity contribution is 5.94. The Kier molecular flexibility index (Phi) is 7.59. The highest BCUT2D eigenvalue weighted by atomic mass is 16.4. The second kappa shape index (κ2) is 9.72. The molecule has 2 aromatic rings. The summed E-state index contributed by atoms with van der Waals surface area (Å²) in [7, 11) is 0. The molecule has 0 saturated carbocycles. The average Bonchev–Trinajstić information content (AvgIpc) is 2.92. The van der Waals surface area contributed by atoms with Crippen LogP contribution in [0.15, 0.2) is 24.3 Å². The lowest BCUT2D eigenvalue weighted by Crippen LogP contribution is -2.37. The molecule has 1 aromatic heterocycles. The molecule has 1 heterocycles. The van der Waals surface area contributed by atoms with Crippen LogP contribution in [-0.4, -0.2) is 44.8 Å². The smallest absolute Gasteiger partial charge is 0.303 e. The van der Waals surface area contributed by atoms with Gasteiger partial charge in [0, 0.05) is 30.8 Å². The van der Waals surface area contributed by atoms with Crippen LogP contribution >= 0.6 is 0 Å². The minimum atomic E-state index is -0.813. The lowest BCUT2D eigenvalue weighted by atomic mass is 10.1. The van der Waals surface area contributed by atoms with Crippen LogP contribution in [-0.2, 0) is 11.2 Å². The molecule has 1 amide bonds. The Morgan fingerprint density at radius 2 is 1.59 bits per heavy atom. The van der Waals surface area contributed by atoms with Crippen LogP contribution in [0.1, 0.15) is 61.4 Å². The molecule has 0 bridgehead atoms. The van der Waals surface area contributed by atoms with Crippen LogP contribution in [0.4, 0.5) is 0 Å². The van der Waals surface area contributed by atoms with Crippen LogP contribution in [0, 0.1) is 25.7 Å². The van der Waals surface area contributed by atoms with Crippen molar-refractivity contribution in [3.63, 3.8) is 0 Å². The van der Waals surface area contributed by atoms with E-state index in [1.54, 1.807) is 0 Å². The predicted octanol–water partition coefficient (Wildman–Crippen LogP) is 4.26. The summed E-state index contributed by atoms with van der Waals surface area (Å²) in [6.45, 7) is 13.8. The number of carbonyl (C=O) groups excluding carboxylic acids is 1. The third-order valence-electron chi connectivity index (χ3n) is 4.85. The molecule has 1 N–H and O–H groups in total. The Labute approximate surface area is 173 Å². The largest absolute Gasteiger partial charge is 0.481 e. The molecule has 6 nitrogen and oxygen atoms in total. The first kappa shape index (κ1) is 22.7. The van der Waals surface area contributed by atoms with Crippen molar-refractivity contribution in [3.8, 4) is 5.69 Å². The first-order valence-electron chi connectivity index (χ1n) is 10.3. The molecule has 29 heavy (non-hydrogen) atoms. The third-order valence-corrected chi connectivity index (χ3v) is 4.85. The number of amides is 1. The fourth-order valence-corrected chi connectivity index (χ4v) is 3.57. The fourth-order valence-electron chi connectivity index (χ4n) is 3.57. The number of benzene rings is 1. The second-order valence-electron chi connectivity index (χ2n) is 8.50. The Balaban J connectivity index is 2.24. The van der Waals surface area contributed by atoms with Crippen molar-refractivity contribution in [2.24, 2.45) is 11.8 Å². The van der Waals surface area contributed by atoms with Crippen LogP contribution in [0.5, 0.6) is 0 Å². The first-order valence-corrected chi connectivity index (χ1v) is 10.3. The topological polar surface area (TPSA) is 75.4 Å². The zero-order valence-electron chi connectivity index (χ0n) is 18.4. The minimum Gasteiger partial charge on any atom is -0.481 e. The normalized spacial score (nSPS) is 11.3. The summed E-state index contributed by atoms with van der Waals surface area (Å²) in [5.74, 6) is 0.0630. The van der Waals surface area contributed by atoms with Gasteiger partial charge in [-0.1, -0.05) is 27.7 Å². The van der Waals surface area contributed by atoms with E-state index >= 15 is 0 Å². The molecule has 0 unspecified atom stereocenters. The summed E-state index contributed by atoms with van der Waals surface area (Å²) in [5.41, 5.74) is 4.27. The van der Waals surface area contributed by atoms with Crippen molar-refractivity contribution in [2.75, 3.05) is 13.1 Å². The van der Waals surface area contributed by atoms with Crippen LogP contribution < -0.4 is 0 Å². The number of carboxylic acids is 1. The standard InChI is InChI=1S/C23H33N3O3/c1-15(2)13-25(14-16(3)4)23(29)19-7-9-20(10-8-19)26-18(6)21(17(5)24-26)11-12-22(27)28/h7-10,15-16H,11-14H2,1-6H3,(H,27,28). The van der Waals surface area contributed by atoms with Gasteiger partial charge in [-0.3, -0.25) is 9.59 Å². The molecule has 0 spiro atoms. The second-order valence-corrected chi connectivity index (χ2v) is 8.50.